The normalized spacial score (nSPS) is 11.2. The van der Waals surface area contributed by atoms with Crippen molar-refractivity contribution in [2.75, 3.05) is 0 Å². The van der Waals surface area contributed by atoms with Crippen LogP contribution in [-0.2, 0) is 4.79 Å². The number of carbonyl (C=O) groups is 2. The molecular weight excluding hydrogens is 304 g/mol. The van der Waals surface area contributed by atoms with Gasteiger partial charge in [0.05, 0.1) is 5.41 Å². The van der Waals surface area contributed by atoms with Crippen molar-refractivity contribution < 1.29 is 9.59 Å². The van der Waals surface area contributed by atoms with Crippen LogP contribution in [0.3, 0.4) is 0 Å². The summed E-state index contributed by atoms with van der Waals surface area (Å²) in [5.74, 6) is -0.201. The Hall–Kier alpha value is -1.58. The van der Waals surface area contributed by atoms with Crippen LogP contribution in [0, 0.1) is 5.41 Å². The molecule has 0 aromatic heterocycles. The molecule has 0 saturated carbocycles. The van der Waals surface area contributed by atoms with Crippen molar-refractivity contribution in [3.05, 3.63) is 65.2 Å². The highest BCUT2D eigenvalue weighted by Gasteiger charge is 2.36. The van der Waals surface area contributed by atoms with Crippen molar-refractivity contribution in [1.82, 2.24) is 0 Å². The SMILES string of the molecule is CC(C)(C(=O)Sc1ccccc1)C(=O)c1ccc(Cl)cc1. The van der Waals surface area contributed by atoms with E-state index in [9.17, 15) is 9.59 Å². The summed E-state index contributed by atoms with van der Waals surface area (Å²) in [6.45, 7) is 3.31. The van der Waals surface area contributed by atoms with Crippen LogP contribution in [0.5, 0.6) is 0 Å². The summed E-state index contributed by atoms with van der Waals surface area (Å²) in [6.07, 6.45) is 0. The van der Waals surface area contributed by atoms with Crippen LogP contribution in [0.2, 0.25) is 5.02 Å². The predicted octanol–water partition coefficient (Wildman–Crippen LogP) is 4.87. The van der Waals surface area contributed by atoms with Gasteiger partial charge in [0.15, 0.2) is 5.78 Å². The van der Waals surface area contributed by atoms with Gasteiger partial charge in [-0.15, -0.1) is 0 Å². The standard InChI is InChI=1S/C17H15ClO2S/c1-17(2,15(19)12-8-10-13(18)11-9-12)16(20)21-14-6-4-3-5-7-14/h3-11H,1-2H3. The number of thioether (sulfide) groups is 1. The lowest BCUT2D eigenvalue weighted by Gasteiger charge is -2.21. The Kier molecular flexibility index (Phi) is 4.86. The zero-order valence-corrected chi connectivity index (χ0v) is 13.4. The molecule has 21 heavy (non-hydrogen) atoms. The molecule has 2 aromatic rings. The summed E-state index contributed by atoms with van der Waals surface area (Å²) in [6, 6.07) is 15.9. The lowest BCUT2D eigenvalue weighted by atomic mass is 9.85. The molecule has 0 radical (unpaired) electrons. The molecule has 0 bridgehead atoms. The van der Waals surface area contributed by atoms with Crippen molar-refractivity contribution in [3.63, 3.8) is 0 Å². The van der Waals surface area contributed by atoms with Crippen LogP contribution in [0.25, 0.3) is 0 Å². The summed E-state index contributed by atoms with van der Waals surface area (Å²) in [5, 5.41) is 0.392. The quantitative estimate of drug-likeness (QED) is 0.458. The minimum Gasteiger partial charge on any atom is -0.293 e. The summed E-state index contributed by atoms with van der Waals surface area (Å²) in [4.78, 5) is 25.8. The minimum atomic E-state index is -1.09. The van der Waals surface area contributed by atoms with Crippen LogP contribution in [0.4, 0.5) is 0 Å². The third-order valence-electron chi connectivity index (χ3n) is 3.14. The van der Waals surface area contributed by atoms with Gasteiger partial charge in [0.2, 0.25) is 5.12 Å². The van der Waals surface area contributed by atoms with E-state index in [1.165, 1.54) is 0 Å². The summed E-state index contributed by atoms with van der Waals surface area (Å²) >= 11 is 6.91. The van der Waals surface area contributed by atoms with E-state index in [1.807, 2.05) is 30.3 Å². The fourth-order valence-electron chi connectivity index (χ4n) is 1.78. The molecule has 0 unspecified atom stereocenters. The van der Waals surface area contributed by atoms with Gasteiger partial charge in [0.1, 0.15) is 0 Å². The van der Waals surface area contributed by atoms with E-state index in [4.69, 9.17) is 11.6 Å². The average Bonchev–Trinajstić information content (AvgIpc) is 2.48. The zero-order chi connectivity index (χ0) is 15.5. The summed E-state index contributed by atoms with van der Waals surface area (Å²) < 4.78 is 0. The first kappa shape index (κ1) is 15.8. The second-order valence-electron chi connectivity index (χ2n) is 5.16. The maximum atomic E-state index is 12.5. The molecule has 0 spiro atoms. The van der Waals surface area contributed by atoms with Gasteiger partial charge in [-0.05, 0) is 50.2 Å². The predicted molar refractivity (Wildman–Crippen MR) is 86.9 cm³/mol. The number of rotatable bonds is 4. The highest BCUT2D eigenvalue weighted by atomic mass is 35.5. The number of ketones is 1. The molecule has 2 nitrogen and oxygen atoms in total. The van der Waals surface area contributed by atoms with Gasteiger partial charge in [0.25, 0.3) is 0 Å². The van der Waals surface area contributed by atoms with Crippen molar-refractivity contribution in [3.8, 4) is 0 Å². The zero-order valence-electron chi connectivity index (χ0n) is 11.8. The second kappa shape index (κ2) is 6.46. The van der Waals surface area contributed by atoms with Gasteiger partial charge >= 0.3 is 0 Å². The van der Waals surface area contributed by atoms with Crippen LogP contribution in [0.1, 0.15) is 24.2 Å². The van der Waals surface area contributed by atoms with Gasteiger partial charge in [-0.3, -0.25) is 9.59 Å². The summed E-state index contributed by atoms with van der Waals surface area (Å²) in [5.41, 5.74) is -0.597. The Morgan fingerprint density at radius 1 is 0.952 bits per heavy atom. The monoisotopic (exact) mass is 318 g/mol. The smallest absolute Gasteiger partial charge is 0.207 e. The topological polar surface area (TPSA) is 34.1 Å². The number of benzene rings is 2. The van der Waals surface area contributed by atoms with Crippen molar-refractivity contribution in [2.24, 2.45) is 5.41 Å². The number of hydrogen-bond acceptors (Lipinski definition) is 3. The first-order chi connectivity index (χ1) is 9.91. The molecule has 0 saturated heterocycles. The van der Waals surface area contributed by atoms with Gasteiger partial charge < -0.3 is 0 Å². The third kappa shape index (κ3) is 3.74. The molecule has 0 N–H and O–H groups in total. The first-order valence-electron chi connectivity index (χ1n) is 6.49. The number of hydrogen-bond donors (Lipinski definition) is 0. The van der Waals surface area contributed by atoms with Gasteiger partial charge in [0, 0.05) is 15.5 Å². The molecule has 4 heteroatoms. The Labute approximate surface area is 133 Å². The molecule has 108 valence electrons. The van der Waals surface area contributed by atoms with Crippen LogP contribution >= 0.6 is 23.4 Å². The molecule has 0 atom stereocenters. The molecule has 0 aliphatic heterocycles. The Morgan fingerprint density at radius 3 is 2.10 bits per heavy atom. The van der Waals surface area contributed by atoms with E-state index in [0.29, 0.717) is 10.6 Å². The maximum absolute atomic E-state index is 12.5. The van der Waals surface area contributed by atoms with E-state index in [2.05, 4.69) is 0 Å². The van der Waals surface area contributed by atoms with Crippen molar-refractivity contribution >= 4 is 34.3 Å². The molecule has 0 heterocycles. The molecule has 0 aliphatic carbocycles. The second-order valence-corrected chi connectivity index (χ2v) is 6.65. The fraction of sp³-hybridized carbons (Fsp3) is 0.176. The highest BCUT2D eigenvalue weighted by molar-refractivity contribution is 8.13. The van der Waals surface area contributed by atoms with Gasteiger partial charge in [-0.1, -0.05) is 41.6 Å². The highest BCUT2D eigenvalue weighted by Crippen LogP contribution is 2.32. The molecule has 0 aliphatic rings. The first-order valence-corrected chi connectivity index (χ1v) is 7.68. The van der Waals surface area contributed by atoms with Crippen molar-refractivity contribution in [2.45, 2.75) is 18.7 Å². The number of Topliss-reactive ketones (excluding diaryl/α,β-unsaturated/α-hetero) is 1. The largest absolute Gasteiger partial charge is 0.293 e. The van der Waals surface area contributed by atoms with Crippen LogP contribution in [-0.4, -0.2) is 10.9 Å². The van der Waals surface area contributed by atoms with E-state index in [-0.39, 0.29) is 10.9 Å². The third-order valence-corrected chi connectivity index (χ3v) is 4.59. The molecule has 0 amide bonds. The average molecular weight is 319 g/mol. The van der Waals surface area contributed by atoms with E-state index in [1.54, 1.807) is 38.1 Å². The number of carbonyl (C=O) groups excluding carboxylic acids is 2. The number of halogens is 1. The van der Waals surface area contributed by atoms with Gasteiger partial charge in [-0.2, -0.15) is 0 Å². The molecule has 2 rings (SSSR count). The fourth-order valence-corrected chi connectivity index (χ4v) is 2.76. The summed E-state index contributed by atoms with van der Waals surface area (Å²) in [7, 11) is 0. The van der Waals surface area contributed by atoms with E-state index in [0.717, 1.165) is 16.7 Å². The lowest BCUT2D eigenvalue weighted by molar-refractivity contribution is -0.116. The molecular formula is C17H15ClO2S. The minimum absolute atomic E-state index is 0.173. The van der Waals surface area contributed by atoms with Gasteiger partial charge in [-0.25, -0.2) is 0 Å². The molecule has 2 aromatic carbocycles. The Balaban J connectivity index is 2.18. The Morgan fingerprint density at radius 2 is 1.52 bits per heavy atom. The van der Waals surface area contributed by atoms with Crippen LogP contribution < -0.4 is 0 Å². The van der Waals surface area contributed by atoms with Crippen molar-refractivity contribution in [1.29, 1.82) is 0 Å². The maximum Gasteiger partial charge on any atom is 0.207 e. The lowest BCUT2D eigenvalue weighted by Crippen LogP contribution is -2.31. The van der Waals surface area contributed by atoms with E-state index >= 15 is 0 Å². The Bertz CT molecular complexity index is 648. The molecule has 0 fully saturated rings. The van der Waals surface area contributed by atoms with E-state index < -0.39 is 5.41 Å². The van der Waals surface area contributed by atoms with Crippen LogP contribution in [0.15, 0.2) is 59.5 Å².